The molecule has 1 unspecified atom stereocenters. The first-order valence-electron chi connectivity index (χ1n) is 6.69. The second-order valence-electron chi connectivity index (χ2n) is 5.32. The molecule has 2 rings (SSSR count). The van der Waals surface area contributed by atoms with E-state index in [0.29, 0.717) is 12.3 Å². The van der Waals surface area contributed by atoms with Gasteiger partial charge >= 0.3 is 0 Å². The van der Waals surface area contributed by atoms with Gasteiger partial charge in [-0.3, -0.25) is 0 Å². The molecular weight excluding hydrogens is 232 g/mol. The highest BCUT2D eigenvalue weighted by atomic mass is 14.5. The molecule has 19 heavy (non-hydrogen) atoms. The van der Waals surface area contributed by atoms with Gasteiger partial charge in [-0.15, -0.1) is 6.58 Å². The molecule has 0 fully saturated rings. The summed E-state index contributed by atoms with van der Waals surface area (Å²) in [4.78, 5) is 0. The summed E-state index contributed by atoms with van der Waals surface area (Å²) in [6.07, 6.45) is 4.57. The Kier molecular flexibility index (Phi) is 3.72. The lowest BCUT2D eigenvalue weighted by Gasteiger charge is -2.44. The van der Waals surface area contributed by atoms with Gasteiger partial charge in [0.2, 0.25) is 0 Å². The van der Waals surface area contributed by atoms with E-state index in [9.17, 15) is 10.5 Å². The number of benzene rings is 1. The minimum atomic E-state index is -0.623. The number of aryl methyl sites for hydroxylation is 1. The average molecular weight is 250 g/mol. The van der Waals surface area contributed by atoms with Gasteiger partial charge in [0.05, 0.1) is 12.1 Å². The molecule has 0 aromatic heterocycles. The number of nitrogens with zero attached hydrogens (tertiary/aromatic N) is 2. The van der Waals surface area contributed by atoms with Gasteiger partial charge in [0.15, 0.2) is 0 Å². The van der Waals surface area contributed by atoms with Gasteiger partial charge in [0, 0.05) is 5.41 Å². The van der Waals surface area contributed by atoms with Gasteiger partial charge < -0.3 is 0 Å². The monoisotopic (exact) mass is 250 g/mol. The maximum atomic E-state index is 9.41. The van der Waals surface area contributed by atoms with Gasteiger partial charge in [-0.1, -0.05) is 37.3 Å². The molecule has 2 atom stereocenters. The third-order valence-corrected chi connectivity index (χ3v) is 4.50. The molecular formula is C17H18N2. The van der Waals surface area contributed by atoms with E-state index >= 15 is 0 Å². The summed E-state index contributed by atoms with van der Waals surface area (Å²) in [5.41, 5.74) is 2.04. The number of hydrogen-bond acceptors (Lipinski definition) is 2. The molecule has 0 N–H and O–H groups in total. The Morgan fingerprint density at radius 3 is 2.74 bits per heavy atom. The molecule has 2 nitrogen and oxygen atoms in total. The summed E-state index contributed by atoms with van der Waals surface area (Å²) < 4.78 is 0. The molecule has 0 radical (unpaired) electrons. The van der Waals surface area contributed by atoms with Gasteiger partial charge in [-0.05, 0) is 36.3 Å². The van der Waals surface area contributed by atoms with Crippen LogP contribution < -0.4 is 0 Å². The van der Waals surface area contributed by atoms with E-state index in [1.807, 2.05) is 18.2 Å². The maximum absolute atomic E-state index is 9.41. The van der Waals surface area contributed by atoms with Crippen LogP contribution in [0.1, 0.15) is 30.9 Å². The average Bonchev–Trinajstić information content (AvgIpc) is 2.44. The summed E-state index contributed by atoms with van der Waals surface area (Å²) >= 11 is 0. The number of fused-ring (bicyclic) bond motifs is 1. The van der Waals surface area contributed by atoms with Crippen LogP contribution in [0.25, 0.3) is 0 Å². The lowest BCUT2D eigenvalue weighted by atomic mass is 9.57. The Morgan fingerprint density at radius 2 is 2.11 bits per heavy atom. The summed E-state index contributed by atoms with van der Waals surface area (Å²) in [5.74, 6) is -0.313. The highest BCUT2D eigenvalue weighted by molar-refractivity contribution is 5.42. The molecule has 0 heterocycles. The van der Waals surface area contributed by atoms with Crippen LogP contribution in [-0.2, 0) is 11.8 Å². The van der Waals surface area contributed by atoms with Crippen LogP contribution in [0, 0.1) is 34.5 Å². The highest BCUT2D eigenvalue weighted by Gasteiger charge is 2.47. The normalized spacial score (nSPS) is 25.2. The third kappa shape index (κ3) is 1.94. The van der Waals surface area contributed by atoms with Gasteiger partial charge in [-0.2, -0.15) is 10.5 Å². The summed E-state index contributed by atoms with van der Waals surface area (Å²) in [7, 11) is 0. The Hall–Kier alpha value is -2.06. The number of hydrogen-bond donors (Lipinski definition) is 0. The Morgan fingerprint density at radius 1 is 1.42 bits per heavy atom. The van der Waals surface area contributed by atoms with Crippen molar-refractivity contribution < 1.29 is 0 Å². The first-order chi connectivity index (χ1) is 9.20. The number of rotatable bonds is 3. The molecule has 1 aromatic carbocycles. The van der Waals surface area contributed by atoms with Crippen LogP contribution in [0.3, 0.4) is 0 Å². The molecule has 1 aliphatic carbocycles. The molecule has 96 valence electrons. The van der Waals surface area contributed by atoms with Crippen molar-refractivity contribution in [1.82, 2.24) is 0 Å². The van der Waals surface area contributed by atoms with Gasteiger partial charge in [-0.25, -0.2) is 0 Å². The molecule has 1 aromatic rings. The zero-order chi connectivity index (χ0) is 13.9. The van der Waals surface area contributed by atoms with E-state index in [1.165, 1.54) is 11.1 Å². The minimum Gasteiger partial charge on any atom is -0.197 e. The van der Waals surface area contributed by atoms with Crippen molar-refractivity contribution in [1.29, 1.82) is 10.5 Å². The van der Waals surface area contributed by atoms with Crippen LogP contribution in [0.5, 0.6) is 0 Å². The van der Waals surface area contributed by atoms with E-state index in [2.05, 4.69) is 37.8 Å². The molecule has 0 saturated carbocycles. The van der Waals surface area contributed by atoms with Gasteiger partial charge in [0.25, 0.3) is 0 Å². The van der Waals surface area contributed by atoms with E-state index < -0.39 is 11.3 Å². The first-order valence-corrected chi connectivity index (χ1v) is 6.69. The van der Waals surface area contributed by atoms with E-state index in [4.69, 9.17) is 0 Å². The quantitative estimate of drug-likeness (QED) is 0.767. The predicted molar refractivity (Wildman–Crippen MR) is 75.1 cm³/mol. The fourth-order valence-corrected chi connectivity index (χ4v) is 3.45. The Bertz CT molecular complexity index is 547. The summed E-state index contributed by atoms with van der Waals surface area (Å²) in [6, 6.07) is 12.6. The van der Waals surface area contributed by atoms with E-state index in [-0.39, 0.29) is 0 Å². The highest BCUT2D eigenvalue weighted by Crippen LogP contribution is 2.49. The second-order valence-corrected chi connectivity index (χ2v) is 5.32. The fourth-order valence-electron chi connectivity index (χ4n) is 3.45. The standard InChI is InChI=1S/C17H18N2/c1-3-10-17(15(11-18)12-19)13(2)8-9-14-6-4-5-7-16(14)17/h3-7,13,15H,1,8-10H2,2H3/t13?,17-/m1/s1. The van der Waals surface area contributed by atoms with E-state index in [1.54, 1.807) is 0 Å². The molecule has 1 aliphatic rings. The lowest BCUT2D eigenvalue weighted by Crippen LogP contribution is -2.43. The minimum absolute atomic E-state index is 0.310. The Balaban J connectivity index is 2.68. The van der Waals surface area contributed by atoms with Crippen molar-refractivity contribution in [2.24, 2.45) is 11.8 Å². The molecule has 0 aliphatic heterocycles. The van der Waals surface area contributed by atoms with Crippen molar-refractivity contribution in [3.63, 3.8) is 0 Å². The molecule has 0 saturated heterocycles. The maximum Gasteiger partial charge on any atom is 0.143 e. The predicted octanol–water partition coefficient (Wildman–Crippen LogP) is 3.75. The van der Waals surface area contributed by atoms with Crippen LogP contribution in [0.4, 0.5) is 0 Å². The second kappa shape index (κ2) is 5.29. The van der Waals surface area contributed by atoms with Crippen molar-refractivity contribution in [3.8, 4) is 12.1 Å². The van der Waals surface area contributed by atoms with Crippen molar-refractivity contribution in [2.45, 2.75) is 31.6 Å². The zero-order valence-electron chi connectivity index (χ0n) is 11.3. The van der Waals surface area contributed by atoms with Crippen molar-refractivity contribution >= 4 is 0 Å². The zero-order valence-corrected chi connectivity index (χ0v) is 11.3. The molecule has 0 amide bonds. The van der Waals surface area contributed by atoms with E-state index in [0.717, 1.165) is 12.8 Å². The largest absolute Gasteiger partial charge is 0.197 e. The molecule has 0 spiro atoms. The van der Waals surface area contributed by atoms with Crippen LogP contribution in [0.2, 0.25) is 0 Å². The van der Waals surface area contributed by atoms with Crippen LogP contribution >= 0.6 is 0 Å². The summed E-state index contributed by atoms with van der Waals surface area (Å²) in [5, 5.41) is 18.8. The SMILES string of the molecule is C=CC[C@@]1(C(C#N)C#N)c2ccccc2CCC1C. The number of allylic oxidation sites excluding steroid dienone is 1. The Labute approximate surface area is 115 Å². The topological polar surface area (TPSA) is 47.6 Å². The number of nitriles is 2. The molecule has 0 bridgehead atoms. The van der Waals surface area contributed by atoms with Crippen molar-refractivity contribution in [3.05, 3.63) is 48.0 Å². The van der Waals surface area contributed by atoms with Crippen LogP contribution in [-0.4, -0.2) is 0 Å². The third-order valence-electron chi connectivity index (χ3n) is 4.50. The van der Waals surface area contributed by atoms with Gasteiger partial charge in [0.1, 0.15) is 5.92 Å². The van der Waals surface area contributed by atoms with Crippen LogP contribution in [0.15, 0.2) is 36.9 Å². The van der Waals surface area contributed by atoms with Crippen molar-refractivity contribution in [2.75, 3.05) is 0 Å². The lowest BCUT2D eigenvalue weighted by molar-refractivity contribution is 0.222. The fraction of sp³-hybridized carbons (Fsp3) is 0.412. The summed E-state index contributed by atoms with van der Waals surface area (Å²) in [6.45, 7) is 5.99. The smallest absolute Gasteiger partial charge is 0.143 e. The first kappa shape index (κ1) is 13.4. The molecule has 2 heteroatoms.